The van der Waals surface area contributed by atoms with E-state index >= 15 is 0 Å². The van der Waals surface area contributed by atoms with Gasteiger partial charge in [0.15, 0.2) is 0 Å². The zero-order valence-electron chi connectivity index (χ0n) is 12.7. The fourth-order valence-electron chi connectivity index (χ4n) is 2.90. The molecule has 1 aliphatic carbocycles. The molecule has 0 aromatic carbocycles. The van der Waals surface area contributed by atoms with E-state index in [9.17, 15) is 13.5 Å². The van der Waals surface area contributed by atoms with Crippen LogP contribution in [0.15, 0.2) is 22.4 Å². The largest absolute Gasteiger partial charge is 0.393 e. The Balaban J connectivity index is 1.93. The monoisotopic (exact) mass is 375 g/mol. The first kappa shape index (κ1) is 16.9. The zero-order chi connectivity index (χ0) is 16.8. The Morgan fingerprint density at radius 2 is 2.22 bits per heavy atom. The van der Waals surface area contributed by atoms with Crippen molar-refractivity contribution in [3.8, 4) is 0 Å². The predicted octanol–water partition coefficient (Wildman–Crippen LogP) is 2.23. The molecular weight excluding hydrogens is 358 g/mol. The van der Waals surface area contributed by atoms with Crippen LogP contribution >= 0.6 is 22.9 Å². The zero-order valence-corrected chi connectivity index (χ0v) is 15.1. The Labute approximate surface area is 144 Å². The minimum Gasteiger partial charge on any atom is -0.393 e. The molecule has 2 aromatic rings. The van der Waals surface area contributed by atoms with E-state index in [1.54, 1.807) is 14.0 Å². The van der Waals surface area contributed by atoms with Crippen molar-refractivity contribution in [2.45, 2.75) is 36.8 Å². The molecular formula is C14H18ClN3O3S2. The number of aliphatic hydroxyl groups is 1. The van der Waals surface area contributed by atoms with Crippen LogP contribution < -0.4 is 4.72 Å². The van der Waals surface area contributed by atoms with E-state index in [2.05, 4.69) is 9.82 Å². The quantitative estimate of drug-likeness (QED) is 0.839. The number of aromatic nitrogens is 2. The summed E-state index contributed by atoms with van der Waals surface area (Å²) in [7, 11) is -2.20. The van der Waals surface area contributed by atoms with E-state index in [0.717, 1.165) is 4.88 Å². The standard InChI is InChI=1S/C14H18ClN3O3S2/c1-8-13(14(15)18(2)16-8)23(20,21)17-12(9-6-10(19)7-9)11-4-3-5-22-11/h3-5,9-10,12,17,19H,6-7H2,1-2H3/t9?,10?,12-/m0/s1. The Morgan fingerprint density at radius 1 is 1.52 bits per heavy atom. The summed E-state index contributed by atoms with van der Waals surface area (Å²) in [5.41, 5.74) is 0.364. The van der Waals surface area contributed by atoms with Crippen LogP contribution in [0.5, 0.6) is 0 Å². The molecule has 0 unspecified atom stereocenters. The summed E-state index contributed by atoms with van der Waals surface area (Å²) in [4.78, 5) is 0.950. The number of rotatable bonds is 5. The molecule has 0 amide bonds. The first-order chi connectivity index (χ1) is 10.8. The average molecular weight is 376 g/mol. The first-order valence-electron chi connectivity index (χ1n) is 7.22. The van der Waals surface area contributed by atoms with Gasteiger partial charge < -0.3 is 5.11 Å². The van der Waals surface area contributed by atoms with Crippen molar-refractivity contribution < 1.29 is 13.5 Å². The van der Waals surface area contributed by atoms with Crippen LogP contribution in [0.1, 0.15) is 29.5 Å². The number of nitrogens with zero attached hydrogens (tertiary/aromatic N) is 2. The highest BCUT2D eigenvalue weighted by atomic mass is 35.5. The second-order valence-electron chi connectivity index (χ2n) is 5.83. The minimum absolute atomic E-state index is 0.0168. The molecule has 6 nitrogen and oxygen atoms in total. The Kier molecular flexibility index (Phi) is 4.54. The molecule has 2 aromatic heterocycles. The maximum Gasteiger partial charge on any atom is 0.246 e. The third kappa shape index (κ3) is 3.18. The molecule has 2 N–H and O–H groups in total. The van der Waals surface area contributed by atoms with Crippen molar-refractivity contribution >= 4 is 33.0 Å². The SMILES string of the molecule is Cc1nn(C)c(Cl)c1S(=O)(=O)N[C@H](c1cccs1)C1CC(O)C1. The van der Waals surface area contributed by atoms with Crippen molar-refractivity contribution in [3.63, 3.8) is 0 Å². The van der Waals surface area contributed by atoms with E-state index in [4.69, 9.17) is 11.6 Å². The molecule has 0 bridgehead atoms. The van der Waals surface area contributed by atoms with Gasteiger partial charge in [-0.25, -0.2) is 13.1 Å². The van der Waals surface area contributed by atoms with Gasteiger partial charge in [-0.2, -0.15) is 5.10 Å². The highest BCUT2D eigenvalue weighted by Gasteiger charge is 2.38. The van der Waals surface area contributed by atoms with Crippen molar-refractivity contribution in [1.82, 2.24) is 14.5 Å². The van der Waals surface area contributed by atoms with Gasteiger partial charge in [0.25, 0.3) is 0 Å². The maximum atomic E-state index is 12.8. The average Bonchev–Trinajstić information content (AvgIpc) is 3.02. The van der Waals surface area contributed by atoms with E-state index in [1.165, 1.54) is 16.0 Å². The summed E-state index contributed by atoms with van der Waals surface area (Å²) in [5.74, 6) is 0.0779. The Hall–Kier alpha value is -0.930. The number of aliphatic hydroxyl groups excluding tert-OH is 1. The lowest BCUT2D eigenvalue weighted by Gasteiger charge is -2.37. The van der Waals surface area contributed by atoms with Gasteiger partial charge in [0.05, 0.1) is 17.8 Å². The van der Waals surface area contributed by atoms with E-state index in [0.29, 0.717) is 18.5 Å². The molecule has 0 saturated heterocycles. The molecule has 1 atom stereocenters. The lowest BCUT2D eigenvalue weighted by atomic mass is 9.77. The highest BCUT2D eigenvalue weighted by molar-refractivity contribution is 7.89. The van der Waals surface area contributed by atoms with Gasteiger partial charge in [0.1, 0.15) is 10.0 Å². The number of aryl methyl sites for hydroxylation is 2. The van der Waals surface area contributed by atoms with Gasteiger partial charge in [-0.05, 0) is 37.1 Å². The van der Waals surface area contributed by atoms with Crippen LogP contribution in [0.3, 0.4) is 0 Å². The lowest BCUT2D eigenvalue weighted by Crippen LogP contribution is -2.41. The molecule has 126 valence electrons. The molecule has 1 aliphatic rings. The molecule has 3 rings (SSSR count). The fraction of sp³-hybridized carbons (Fsp3) is 0.500. The fourth-order valence-corrected chi connectivity index (χ4v) is 5.88. The molecule has 0 aliphatic heterocycles. The molecule has 1 saturated carbocycles. The number of hydrogen-bond acceptors (Lipinski definition) is 5. The number of hydrogen-bond donors (Lipinski definition) is 2. The Bertz CT molecular complexity index is 796. The summed E-state index contributed by atoms with van der Waals surface area (Å²) >= 11 is 7.60. The normalized spacial score (nSPS) is 22.8. The summed E-state index contributed by atoms with van der Waals surface area (Å²) in [6, 6.07) is 3.43. The molecule has 0 spiro atoms. The van der Waals surface area contributed by atoms with E-state index in [-0.39, 0.29) is 28.1 Å². The molecule has 23 heavy (non-hydrogen) atoms. The van der Waals surface area contributed by atoms with Crippen LogP contribution in [-0.2, 0) is 17.1 Å². The Morgan fingerprint density at radius 3 is 2.70 bits per heavy atom. The number of halogens is 1. The van der Waals surface area contributed by atoms with Gasteiger partial charge in [0.2, 0.25) is 10.0 Å². The minimum atomic E-state index is -3.80. The highest BCUT2D eigenvalue weighted by Crippen LogP contribution is 2.40. The summed E-state index contributed by atoms with van der Waals surface area (Å²) < 4.78 is 29.7. The van der Waals surface area contributed by atoms with Gasteiger partial charge in [-0.1, -0.05) is 17.7 Å². The van der Waals surface area contributed by atoms with E-state index in [1.807, 2.05) is 17.5 Å². The molecule has 9 heteroatoms. The van der Waals surface area contributed by atoms with Gasteiger partial charge >= 0.3 is 0 Å². The van der Waals surface area contributed by atoms with Gasteiger partial charge in [0, 0.05) is 11.9 Å². The van der Waals surface area contributed by atoms with Crippen molar-refractivity contribution in [1.29, 1.82) is 0 Å². The second kappa shape index (κ2) is 6.18. The maximum absolute atomic E-state index is 12.8. The predicted molar refractivity (Wildman–Crippen MR) is 89.1 cm³/mol. The molecule has 1 fully saturated rings. The van der Waals surface area contributed by atoms with Crippen LogP contribution in [0.2, 0.25) is 5.15 Å². The van der Waals surface area contributed by atoms with Crippen LogP contribution in [0.4, 0.5) is 0 Å². The molecule has 2 heterocycles. The smallest absolute Gasteiger partial charge is 0.246 e. The van der Waals surface area contributed by atoms with Crippen molar-refractivity contribution in [3.05, 3.63) is 33.2 Å². The van der Waals surface area contributed by atoms with Crippen LogP contribution in [0, 0.1) is 12.8 Å². The topological polar surface area (TPSA) is 84.2 Å². The summed E-state index contributed by atoms with van der Waals surface area (Å²) in [5, 5.41) is 15.6. The summed E-state index contributed by atoms with van der Waals surface area (Å²) in [6.07, 6.45) is 0.825. The van der Waals surface area contributed by atoms with Gasteiger partial charge in [-0.15, -0.1) is 11.3 Å². The number of nitrogens with one attached hydrogen (secondary N) is 1. The van der Waals surface area contributed by atoms with Crippen LogP contribution in [-0.4, -0.2) is 29.4 Å². The van der Waals surface area contributed by atoms with Crippen molar-refractivity contribution in [2.75, 3.05) is 0 Å². The van der Waals surface area contributed by atoms with E-state index < -0.39 is 10.0 Å². The third-order valence-electron chi connectivity index (χ3n) is 4.12. The first-order valence-corrected chi connectivity index (χ1v) is 9.96. The van der Waals surface area contributed by atoms with Crippen molar-refractivity contribution in [2.24, 2.45) is 13.0 Å². The third-order valence-corrected chi connectivity index (χ3v) is 7.21. The molecule has 0 radical (unpaired) electrons. The number of thiophene rings is 1. The lowest BCUT2D eigenvalue weighted by molar-refractivity contribution is 0.0286. The van der Waals surface area contributed by atoms with Gasteiger partial charge in [-0.3, -0.25) is 4.68 Å². The number of sulfonamides is 1. The van der Waals surface area contributed by atoms with Crippen LogP contribution in [0.25, 0.3) is 0 Å². The second-order valence-corrected chi connectivity index (χ2v) is 8.82. The summed E-state index contributed by atoms with van der Waals surface area (Å²) in [6.45, 7) is 1.62.